The minimum atomic E-state index is -0.743. The molecule has 1 aromatic rings. The van der Waals surface area contributed by atoms with Crippen LogP contribution in [0.3, 0.4) is 0 Å². The lowest BCUT2D eigenvalue weighted by molar-refractivity contribution is 0.0587. The number of nitrogens with one attached hydrogen (secondary N) is 3. The maximum Gasteiger partial charge on any atom is 0.326 e. The van der Waals surface area contributed by atoms with Crippen molar-refractivity contribution in [1.82, 2.24) is 15.3 Å². The highest BCUT2D eigenvalue weighted by Gasteiger charge is 2.09. The molecule has 0 aliphatic heterocycles. The Morgan fingerprint density at radius 1 is 1.50 bits per heavy atom. The molecule has 1 amide bonds. The summed E-state index contributed by atoms with van der Waals surface area (Å²) in [6, 6.07) is 0.988. The molecule has 8 heteroatoms. The van der Waals surface area contributed by atoms with Gasteiger partial charge in [-0.05, 0) is 6.42 Å². The van der Waals surface area contributed by atoms with Crippen LogP contribution in [0.4, 0.5) is 0 Å². The predicted molar refractivity (Wildman–Crippen MR) is 62.5 cm³/mol. The third-order valence-corrected chi connectivity index (χ3v) is 2.13. The fraction of sp³-hybridized carbons (Fsp3) is 0.500. The van der Waals surface area contributed by atoms with Gasteiger partial charge in [0.1, 0.15) is 5.69 Å². The number of aromatic nitrogens is 2. The van der Waals surface area contributed by atoms with E-state index in [2.05, 4.69) is 10.3 Å². The van der Waals surface area contributed by atoms with E-state index in [1.165, 1.54) is 7.11 Å². The molecule has 1 rings (SSSR count). The van der Waals surface area contributed by atoms with Gasteiger partial charge in [-0.15, -0.1) is 0 Å². The van der Waals surface area contributed by atoms with Crippen molar-refractivity contribution in [1.29, 1.82) is 0 Å². The third-order valence-electron chi connectivity index (χ3n) is 2.13. The van der Waals surface area contributed by atoms with Gasteiger partial charge in [0.2, 0.25) is 0 Å². The van der Waals surface area contributed by atoms with Crippen molar-refractivity contribution >= 4 is 5.91 Å². The fourth-order valence-electron chi connectivity index (χ4n) is 1.31. The molecule has 0 bridgehead atoms. The molecule has 1 heterocycles. The van der Waals surface area contributed by atoms with E-state index in [-0.39, 0.29) is 18.8 Å². The van der Waals surface area contributed by atoms with Crippen molar-refractivity contribution in [2.45, 2.75) is 12.5 Å². The molecule has 0 fully saturated rings. The van der Waals surface area contributed by atoms with E-state index in [9.17, 15) is 19.5 Å². The molecule has 8 nitrogen and oxygen atoms in total. The largest absolute Gasteiger partial charge is 0.391 e. The monoisotopic (exact) mass is 257 g/mol. The van der Waals surface area contributed by atoms with Crippen molar-refractivity contribution in [3.05, 3.63) is 32.6 Å². The first-order valence-corrected chi connectivity index (χ1v) is 5.31. The number of H-pyrrole nitrogens is 2. The lowest BCUT2D eigenvalue weighted by Gasteiger charge is -2.09. The highest BCUT2D eigenvalue weighted by Crippen LogP contribution is 1.91. The van der Waals surface area contributed by atoms with E-state index in [0.717, 1.165) is 6.07 Å². The van der Waals surface area contributed by atoms with Gasteiger partial charge in [-0.25, -0.2) is 4.79 Å². The average molecular weight is 257 g/mol. The van der Waals surface area contributed by atoms with Gasteiger partial charge in [0.15, 0.2) is 0 Å². The van der Waals surface area contributed by atoms with Crippen molar-refractivity contribution in [3.8, 4) is 0 Å². The van der Waals surface area contributed by atoms with Crippen LogP contribution in [0.1, 0.15) is 16.9 Å². The number of hydrogen-bond donors (Lipinski definition) is 4. The second-order valence-electron chi connectivity index (χ2n) is 3.66. The second-order valence-corrected chi connectivity index (χ2v) is 3.66. The highest BCUT2D eigenvalue weighted by molar-refractivity contribution is 5.91. The van der Waals surface area contributed by atoms with Crippen LogP contribution >= 0.6 is 0 Å². The number of methoxy groups -OCH3 is 1. The van der Waals surface area contributed by atoms with E-state index in [1.54, 1.807) is 0 Å². The van der Waals surface area contributed by atoms with Crippen LogP contribution in [0.15, 0.2) is 15.7 Å². The molecule has 0 aromatic carbocycles. The molecular formula is C10H15N3O5. The average Bonchev–Trinajstić information content (AvgIpc) is 2.27. The number of rotatable bonds is 6. The maximum atomic E-state index is 11.5. The molecule has 0 aliphatic carbocycles. The molecular weight excluding hydrogens is 242 g/mol. The first kappa shape index (κ1) is 14.1. The van der Waals surface area contributed by atoms with Crippen LogP contribution < -0.4 is 16.6 Å². The van der Waals surface area contributed by atoms with Crippen LogP contribution in [-0.2, 0) is 4.74 Å². The fourth-order valence-corrected chi connectivity index (χ4v) is 1.31. The van der Waals surface area contributed by atoms with Gasteiger partial charge in [-0.1, -0.05) is 0 Å². The maximum absolute atomic E-state index is 11.5. The summed E-state index contributed by atoms with van der Waals surface area (Å²) in [5.74, 6) is -0.581. The molecule has 1 aromatic heterocycles. The number of amides is 1. The van der Waals surface area contributed by atoms with Crippen LogP contribution in [0.5, 0.6) is 0 Å². The molecule has 1 atom stereocenters. The summed E-state index contributed by atoms with van der Waals surface area (Å²) < 4.78 is 4.72. The van der Waals surface area contributed by atoms with Gasteiger partial charge < -0.3 is 20.1 Å². The first-order chi connectivity index (χ1) is 8.52. The summed E-state index contributed by atoms with van der Waals surface area (Å²) in [6.45, 7) is 0.385. The normalized spacial score (nSPS) is 12.1. The van der Waals surface area contributed by atoms with Crippen molar-refractivity contribution in [2.75, 3.05) is 20.3 Å². The van der Waals surface area contributed by atoms with Crippen molar-refractivity contribution in [2.24, 2.45) is 0 Å². The number of aliphatic hydroxyl groups excluding tert-OH is 1. The Balaban J connectivity index is 2.50. The Morgan fingerprint density at radius 3 is 2.83 bits per heavy atom. The van der Waals surface area contributed by atoms with E-state index in [0.29, 0.717) is 6.42 Å². The predicted octanol–water partition coefficient (Wildman–Crippen LogP) is -1.81. The minimum absolute atomic E-state index is 0.120. The standard InChI is InChI=1S/C10H15N3O5/c1-18-5-6(14)2-3-11-9(16)7-4-8(15)13-10(17)12-7/h4,6,14H,2-3,5H2,1H3,(H,11,16)(H2,12,13,15,17). The van der Waals surface area contributed by atoms with E-state index in [4.69, 9.17) is 4.74 Å². The SMILES string of the molecule is COCC(O)CCNC(=O)c1cc(=O)[nH]c(=O)[nH]1. The summed E-state index contributed by atoms with van der Waals surface area (Å²) in [4.78, 5) is 37.6. The zero-order valence-electron chi connectivity index (χ0n) is 9.86. The van der Waals surface area contributed by atoms with Crippen LogP contribution in [-0.4, -0.2) is 47.3 Å². The second kappa shape index (κ2) is 6.72. The van der Waals surface area contributed by atoms with Gasteiger partial charge in [0.25, 0.3) is 11.5 Å². The molecule has 18 heavy (non-hydrogen) atoms. The van der Waals surface area contributed by atoms with E-state index >= 15 is 0 Å². The van der Waals surface area contributed by atoms with Crippen LogP contribution in [0, 0.1) is 0 Å². The van der Waals surface area contributed by atoms with Gasteiger partial charge in [0.05, 0.1) is 12.7 Å². The number of carbonyl (C=O) groups excluding carboxylic acids is 1. The lowest BCUT2D eigenvalue weighted by Crippen LogP contribution is -2.32. The van der Waals surface area contributed by atoms with Gasteiger partial charge in [-0.3, -0.25) is 14.6 Å². The molecule has 1 unspecified atom stereocenters. The Labute approximate surface area is 102 Å². The smallest absolute Gasteiger partial charge is 0.326 e. The number of aromatic amines is 2. The van der Waals surface area contributed by atoms with E-state index < -0.39 is 23.3 Å². The zero-order chi connectivity index (χ0) is 13.5. The topological polar surface area (TPSA) is 124 Å². The van der Waals surface area contributed by atoms with Gasteiger partial charge in [0, 0.05) is 19.7 Å². The third kappa shape index (κ3) is 4.52. The first-order valence-electron chi connectivity index (χ1n) is 5.31. The Hall–Kier alpha value is -1.93. The summed E-state index contributed by atoms with van der Waals surface area (Å²) in [5.41, 5.74) is -1.51. The summed E-state index contributed by atoms with van der Waals surface area (Å²) in [6.07, 6.45) is -0.360. The molecule has 0 radical (unpaired) electrons. The van der Waals surface area contributed by atoms with Crippen LogP contribution in [0.2, 0.25) is 0 Å². The quantitative estimate of drug-likeness (QED) is 0.478. The molecule has 100 valence electrons. The number of hydrogen-bond acceptors (Lipinski definition) is 5. The van der Waals surface area contributed by atoms with Gasteiger partial charge in [-0.2, -0.15) is 0 Å². The molecule has 4 N–H and O–H groups in total. The minimum Gasteiger partial charge on any atom is -0.391 e. The van der Waals surface area contributed by atoms with Crippen molar-refractivity contribution < 1.29 is 14.6 Å². The number of aliphatic hydroxyl groups is 1. The zero-order valence-corrected chi connectivity index (χ0v) is 9.86. The summed E-state index contributed by atoms with van der Waals surface area (Å²) in [7, 11) is 1.46. The Morgan fingerprint density at radius 2 is 2.22 bits per heavy atom. The summed E-state index contributed by atoms with van der Waals surface area (Å²) in [5, 5.41) is 11.8. The van der Waals surface area contributed by atoms with E-state index in [1.807, 2.05) is 4.98 Å². The van der Waals surface area contributed by atoms with Gasteiger partial charge >= 0.3 is 5.69 Å². The molecule has 0 saturated carbocycles. The Kier molecular flexibility index (Phi) is 5.28. The molecule has 0 saturated heterocycles. The molecule has 0 aliphatic rings. The number of carbonyl (C=O) groups is 1. The highest BCUT2D eigenvalue weighted by atomic mass is 16.5. The lowest BCUT2D eigenvalue weighted by atomic mass is 10.2. The van der Waals surface area contributed by atoms with Crippen molar-refractivity contribution in [3.63, 3.8) is 0 Å². The molecule has 0 spiro atoms. The Bertz CT molecular complexity index is 478. The summed E-state index contributed by atoms with van der Waals surface area (Å²) >= 11 is 0. The number of ether oxygens (including phenoxy) is 1. The van der Waals surface area contributed by atoms with Crippen LogP contribution in [0.25, 0.3) is 0 Å².